The Bertz CT molecular complexity index is 1220. The first-order valence-electron chi connectivity index (χ1n) is 10.6. The third-order valence-electron chi connectivity index (χ3n) is 5.64. The van der Waals surface area contributed by atoms with Crippen molar-refractivity contribution in [2.24, 2.45) is 0 Å². The average Bonchev–Trinajstić information content (AvgIpc) is 3.46. The van der Waals surface area contributed by atoms with Crippen molar-refractivity contribution >= 4 is 5.82 Å². The summed E-state index contributed by atoms with van der Waals surface area (Å²) in [7, 11) is 3.30. The monoisotopic (exact) mass is 427 g/mol. The first kappa shape index (κ1) is 20.0. The summed E-state index contributed by atoms with van der Waals surface area (Å²) in [5, 5.41) is 8.44. The number of hydrogen-bond donors (Lipinski definition) is 1. The summed E-state index contributed by atoms with van der Waals surface area (Å²) in [5.41, 5.74) is 5.12. The first-order valence-corrected chi connectivity index (χ1v) is 10.6. The molecule has 0 aliphatic carbocycles. The van der Waals surface area contributed by atoms with Gasteiger partial charge in [-0.15, -0.1) is 0 Å². The lowest BCUT2D eigenvalue weighted by atomic mass is 10.1. The Kier molecular flexibility index (Phi) is 5.42. The number of fused-ring (bicyclic) bond motifs is 1. The van der Waals surface area contributed by atoms with E-state index in [4.69, 9.17) is 19.3 Å². The molecule has 5 rings (SSSR count). The van der Waals surface area contributed by atoms with Gasteiger partial charge in [0, 0.05) is 17.7 Å². The molecule has 0 unspecified atom stereocenters. The van der Waals surface area contributed by atoms with E-state index >= 15 is 0 Å². The molecule has 0 amide bonds. The number of hydrogen-bond acceptors (Lipinski definition) is 5. The van der Waals surface area contributed by atoms with E-state index in [9.17, 15) is 0 Å². The number of para-hydroxylation sites is 1. The van der Waals surface area contributed by atoms with E-state index < -0.39 is 0 Å². The second kappa shape index (κ2) is 8.67. The van der Waals surface area contributed by atoms with Crippen molar-refractivity contribution in [3.05, 3.63) is 83.9 Å². The Labute approximate surface area is 187 Å². The fourth-order valence-electron chi connectivity index (χ4n) is 4.08. The lowest BCUT2D eigenvalue weighted by molar-refractivity contribution is 0.306. The Hall–Kier alpha value is -3.93. The normalized spacial score (nSPS) is 12.2. The van der Waals surface area contributed by atoms with Crippen LogP contribution >= 0.6 is 0 Å². The summed E-state index contributed by atoms with van der Waals surface area (Å²) in [5.74, 6) is 3.23. The van der Waals surface area contributed by atoms with Crippen LogP contribution in [0, 0.1) is 0 Å². The van der Waals surface area contributed by atoms with Crippen molar-refractivity contribution in [1.29, 1.82) is 0 Å². The predicted molar refractivity (Wildman–Crippen MR) is 125 cm³/mol. The molecule has 0 saturated carbocycles. The van der Waals surface area contributed by atoms with E-state index in [0.717, 1.165) is 47.0 Å². The molecule has 0 bridgehead atoms. The highest BCUT2D eigenvalue weighted by molar-refractivity contribution is 5.78. The molecule has 3 aromatic carbocycles. The lowest BCUT2D eigenvalue weighted by Crippen LogP contribution is -2.04. The Balaban J connectivity index is 1.46. The first-order chi connectivity index (χ1) is 15.8. The molecule has 0 saturated heterocycles. The molecule has 0 spiro atoms. The molecule has 1 aliphatic heterocycles. The van der Waals surface area contributed by atoms with E-state index in [1.54, 1.807) is 14.2 Å². The fourth-order valence-corrected chi connectivity index (χ4v) is 4.08. The highest BCUT2D eigenvalue weighted by Crippen LogP contribution is 2.42. The minimum atomic E-state index is 0.540. The van der Waals surface area contributed by atoms with Crippen LogP contribution in [0.15, 0.2) is 72.8 Å². The molecule has 6 heteroatoms. The van der Waals surface area contributed by atoms with Crippen LogP contribution in [0.25, 0.3) is 16.9 Å². The van der Waals surface area contributed by atoms with Crippen LogP contribution in [0.2, 0.25) is 0 Å². The number of nitrogens with zero attached hydrogens (tertiary/aromatic N) is 2. The van der Waals surface area contributed by atoms with Crippen LogP contribution < -0.4 is 19.5 Å². The molecule has 162 valence electrons. The number of aromatic nitrogens is 2. The number of ether oxygens (including phenoxy) is 3. The summed E-state index contributed by atoms with van der Waals surface area (Å²) < 4.78 is 19.0. The summed E-state index contributed by atoms with van der Waals surface area (Å²) >= 11 is 0. The van der Waals surface area contributed by atoms with Gasteiger partial charge in [-0.05, 0) is 48.4 Å². The van der Waals surface area contributed by atoms with Crippen LogP contribution in [0.1, 0.15) is 11.1 Å². The van der Waals surface area contributed by atoms with Crippen molar-refractivity contribution in [2.45, 2.75) is 13.0 Å². The van der Waals surface area contributed by atoms with Gasteiger partial charge in [-0.3, -0.25) is 0 Å². The maximum atomic E-state index is 5.93. The minimum absolute atomic E-state index is 0.540. The molecule has 1 aromatic heterocycles. The minimum Gasteiger partial charge on any atom is -0.493 e. The second-order valence-electron chi connectivity index (χ2n) is 7.57. The number of rotatable bonds is 7. The van der Waals surface area contributed by atoms with E-state index in [2.05, 4.69) is 17.4 Å². The molecule has 0 radical (unpaired) electrons. The Morgan fingerprint density at radius 3 is 2.47 bits per heavy atom. The van der Waals surface area contributed by atoms with Gasteiger partial charge < -0.3 is 19.5 Å². The molecule has 1 aliphatic rings. The molecule has 6 nitrogen and oxygen atoms in total. The van der Waals surface area contributed by atoms with Crippen LogP contribution in [-0.4, -0.2) is 30.5 Å². The average molecular weight is 428 g/mol. The SMILES string of the molecule is COc1cccc(-c2nn(-c3ccc(OCc4ccccc4)cc3)c3c2CCN3)c1OC. The summed E-state index contributed by atoms with van der Waals surface area (Å²) in [4.78, 5) is 0. The number of methoxy groups -OCH3 is 2. The lowest BCUT2D eigenvalue weighted by Gasteiger charge is -2.12. The maximum absolute atomic E-state index is 5.93. The van der Waals surface area contributed by atoms with Crippen molar-refractivity contribution in [3.8, 4) is 34.2 Å². The number of nitrogens with one attached hydrogen (secondary N) is 1. The molecule has 4 aromatic rings. The number of anilines is 1. The zero-order valence-electron chi connectivity index (χ0n) is 18.2. The topological polar surface area (TPSA) is 57.5 Å². The van der Waals surface area contributed by atoms with Crippen LogP contribution in [0.5, 0.6) is 17.2 Å². The molecule has 32 heavy (non-hydrogen) atoms. The van der Waals surface area contributed by atoms with E-state index in [1.165, 1.54) is 5.56 Å². The highest BCUT2D eigenvalue weighted by Gasteiger charge is 2.26. The van der Waals surface area contributed by atoms with E-state index in [0.29, 0.717) is 18.1 Å². The van der Waals surface area contributed by atoms with Crippen LogP contribution in [-0.2, 0) is 13.0 Å². The Morgan fingerprint density at radius 1 is 0.906 bits per heavy atom. The maximum Gasteiger partial charge on any atom is 0.170 e. The molecule has 0 fully saturated rings. The van der Waals surface area contributed by atoms with Gasteiger partial charge in [0.25, 0.3) is 0 Å². The van der Waals surface area contributed by atoms with Gasteiger partial charge in [-0.25, -0.2) is 4.68 Å². The summed E-state index contributed by atoms with van der Waals surface area (Å²) in [6, 6.07) is 24.0. The fraction of sp³-hybridized carbons (Fsp3) is 0.192. The van der Waals surface area contributed by atoms with E-state index in [-0.39, 0.29) is 0 Å². The standard InChI is InChI=1S/C26H25N3O3/c1-30-23-10-6-9-21(25(23)31-2)24-22-15-16-27-26(22)29(28-24)19-11-13-20(14-12-19)32-17-18-7-4-3-5-8-18/h3-14,27H,15-17H2,1-2H3. The molecular formula is C26H25N3O3. The third-order valence-corrected chi connectivity index (χ3v) is 5.64. The predicted octanol–water partition coefficient (Wildman–Crippen LogP) is 5.10. The van der Waals surface area contributed by atoms with Crippen molar-refractivity contribution in [1.82, 2.24) is 9.78 Å². The van der Waals surface area contributed by atoms with Crippen LogP contribution in [0.3, 0.4) is 0 Å². The van der Waals surface area contributed by atoms with E-state index in [1.807, 2.05) is 65.3 Å². The van der Waals surface area contributed by atoms with Crippen molar-refractivity contribution < 1.29 is 14.2 Å². The summed E-state index contributed by atoms with van der Waals surface area (Å²) in [6.07, 6.45) is 0.906. The molecule has 1 N–H and O–H groups in total. The molecule has 0 atom stereocenters. The molecular weight excluding hydrogens is 402 g/mol. The van der Waals surface area contributed by atoms with Gasteiger partial charge >= 0.3 is 0 Å². The van der Waals surface area contributed by atoms with Gasteiger partial charge in [0.1, 0.15) is 23.9 Å². The van der Waals surface area contributed by atoms with Gasteiger partial charge in [0.15, 0.2) is 11.5 Å². The quantitative estimate of drug-likeness (QED) is 0.445. The molecule has 2 heterocycles. The van der Waals surface area contributed by atoms with Crippen molar-refractivity contribution in [3.63, 3.8) is 0 Å². The number of benzene rings is 3. The Morgan fingerprint density at radius 2 is 1.72 bits per heavy atom. The van der Waals surface area contributed by atoms with Crippen LogP contribution in [0.4, 0.5) is 5.82 Å². The largest absolute Gasteiger partial charge is 0.493 e. The smallest absolute Gasteiger partial charge is 0.170 e. The summed E-state index contributed by atoms with van der Waals surface area (Å²) in [6.45, 7) is 1.42. The zero-order valence-corrected chi connectivity index (χ0v) is 18.2. The zero-order chi connectivity index (χ0) is 21.9. The van der Waals surface area contributed by atoms with Gasteiger partial charge in [0.2, 0.25) is 0 Å². The van der Waals surface area contributed by atoms with Gasteiger partial charge in [0.05, 0.1) is 19.9 Å². The van der Waals surface area contributed by atoms with Crippen molar-refractivity contribution in [2.75, 3.05) is 26.1 Å². The third kappa shape index (κ3) is 3.64. The van der Waals surface area contributed by atoms with Gasteiger partial charge in [-0.1, -0.05) is 36.4 Å². The highest BCUT2D eigenvalue weighted by atomic mass is 16.5. The second-order valence-corrected chi connectivity index (χ2v) is 7.57. The van der Waals surface area contributed by atoms with Gasteiger partial charge in [-0.2, -0.15) is 5.10 Å².